The Bertz CT molecular complexity index is 264. The lowest BCUT2D eigenvalue weighted by Gasteiger charge is -2.28. The summed E-state index contributed by atoms with van der Waals surface area (Å²) in [5, 5.41) is 3.47. The average molecular weight is 272 g/mol. The van der Waals surface area contributed by atoms with Crippen LogP contribution >= 0.6 is 11.8 Å². The standard InChI is InChI=1S/C13H24N2O2S/c1-17-7-6-15(9-12-3-2-5-14-12)13(16)11-4-8-18-10-11/h11-12,14H,2-10H2,1H3. The molecule has 0 aliphatic carbocycles. The first-order valence-corrected chi connectivity index (χ1v) is 8.05. The molecule has 2 heterocycles. The van der Waals surface area contributed by atoms with Crippen molar-refractivity contribution in [2.24, 2.45) is 5.92 Å². The zero-order valence-electron chi connectivity index (χ0n) is 11.2. The van der Waals surface area contributed by atoms with Crippen LogP contribution in [0.2, 0.25) is 0 Å². The molecule has 2 fully saturated rings. The van der Waals surface area contributed by atoms with E-state index in [1.54, 1.807) is 7.11 Å². The van der Waals surface area contributed by atoms with Crippen LogP contribution in [0.15, 0.2) is 0 Å². The molecular formula is C13H24N2O2S. The van der Waals surface area contributed by atoms with E-state index < -0.39 is 0 Å². The molecule has 0 aromatic heterocycles. The van der Waals surface area contributed by atoms with Crippen LogP contribution in [0.5, 0.6) is 0 Å². The molecule has 1 N–H and O–H groups in total. The van der Waals surface area contributed by atoms with Gasteiger partial charge >= 0.3 is 0 Å². The summed E-state index contributed by atoms with van der Waals surface area (Å²) < 4.78 is 5.13. The van der Waals surface area contributed by atoms with E-state index in [0.29, 0.717) is 18.6 Å². The lowest BCUT2D eigenvalue weighted by atomic mass is 10.1. The van der Waals surface area contributed by atoms with Crippen molar-refractivity contribution < 1.29 is 9.53 Å². The van der Waals surface area contributed by atoms with Crippen LogP contribution in [0, 0.1) is 5.92 Å². The minimum atomic E-state index is 0.244. The minimum absolute atomic E-state index is 0.244. The number of hydrogen-bond donors (Lipinski definition) is 1. The number of nitrogens with zero attached hydrogens (tertiary/aromatic N) is 1. The Balaban J connectivity index is 1.87. The van der Waals surface area contributed by atoms with Crippen LogP contribution in [0.25, 0.3) is 0 Å². The van der Waals surface area contributed by atoms with Crippen molar-refractivity contribution in [1.29, 1.82) is 0 Å². The Morgan fingerprint density at radius 3 is 3.00 bits per heavy atom. The Morgan fingerprint density at radius 2 is 2.39 bits per heavy atom. The van der Waals surface area contributed by atoms with Crippen LogP contribution in [-0.2, 0) is 9.53 Å². The van der Waals surface area contributed by atoms with Crippen LogP contribution in [0.3, 0.4) is 0 Å². The van der Waals surface area contributed by atoms with Gasteiger partial charge < -0.3 is 15.0 Å². The van der Waals surface area contributed by atoms with Gasteiger partial charge in [0, 0.05) is 37.9 Å². The van der Waals surface area contributed by atoms with Crippen molar-refractivity contribution in [2.45, 2.75) is 25.3 Å². The van der Waals surface area contributed by atoms with E-state index >= 15 is 0 Å². The topological polar surface area (TPSA) is 41.6 Å². The maximum Gasteiger partial charge on any atom is 0.226 e. The van der Waals surface area contributed by atoms with E-state index in [4.69, 9.17) is 4.74 Å². The van der Waals surface area contributed by atoms with Gasteiger partial charge in [-0.2, -0.15) is 11.8 Å². The molecule has 1 amide bonds. The van der Waals surface area contributed by atoms with Crippen LogP contribution in [0.1, 0.15) is 19.3 Å². The van der Waals surface area contributed by atoms with Crippen molar-refractivity contribution in [2.75, 3.05) is 44.9 Å². The summed E-state index contributed by atoms with van der Waals surface area (Å²) in [6.07, 6.45) is 3.47. The number of nitrogens with one attached hydrogen (secondary N) is 1. The number of hydrogen-bond acceptors (Lipinski definition) is 4. The fourth-order valence-electron chi connectivity index (χ4n) is 2.66. The molecule has 0 bridgehead atoms. The molecule has 2 atom stereocenters. The second-order valence-electron chi connectivity index (χ2n) is 5.13. The van der Waals surface area contributed by atoms with Crippen molar-refractivity contribution in [3.63, 3.8) is 0 Å². The third-order valence-electron chi connectivity index (χ3n) is 3.76. The molecule has 104 valence electrons. The first-order valence-electron chi connectivity index (χ1n) is 6.90. The molecule has 2 aliphatic heterocycles. The molecule has 0 spiro atoms. The first kappa shape index (κ1) is 14.2. The Labute approximate surface area is 114 Å². The molecule has 0 aromatic rings. The highest BCUT2D eigenvalue weighted by molar-refractivity contribution is 7.99. The van der Waals surface area contributed by atoms with Gasteiger partial charge in [-0.25, -0.2) is 0 Å². The fraction of sp³-hybridized carbons (Fsp3) is 0.923. The van der Waals surface area contributed by atoms with Gasteiger partial charge in [-0.1, -0.05) is 0 Å². The summed E-state index contributed by atoms with van der Waals surface area (Å²) in [4.78, 5) is 14.5. The zero-order chi connectivity index (χ0) is 12.8. The van der Waals surface area contributed by atoms with Crippen LogP contribution < -0.4 is 5.32 Å². The molecular weight excluding hydrogens is 248 g/mol. The highest BCUT2D eigenvalue weighted by Crippen LogP contribution is 2.25. The average Bonchev–Trinajstić information content (AvgIpc) is 3.06. The molecule has 2 unspecified atom stereocenters. The smallest absolute Gasteiger partial charge is 0.226 e. The molecule has 18 heavy (non-hydrogen) atoms. The van der Waals surface area contributed by atoms with E-state index in [0.717, 1.165) is 37.6 Å². The third kappa shape index (κ3) is 3.87. The SMILES string of the molecule is COCCN(CC1CCCN1)C(=O)C1CCSC1. The number of thioether (sulfide) groups is 1. The highest BCUT2D eigenvalue weighted by Gasteiger charge is 2.29. The maximum atomic E-state index is 12.5. The van der Waals surface area contributed by atoms with E-state index in [-0.39, 0.29) is 5.92 Å². The van der Waals surface area contributed by atoms with Gasteiger partial charge in [0.1, 0.15) is 0 Å². The molecule has 4 nitrogen and oxygen atoms in total. The van der Waals surface area contributed by atoms with Crippen molar-refractivity contribution in [1.82, 2.24) is 10.2 Å². The number of carbonyl (C=O) groups excluding carboxylic acids is 1. The largest absolute Gasteiger partial charge is 0.383 e. The van der Waals surface area contributed by atoms with Crippen molar-refractivity contribution in [3.8, 4) is 0 Å². The molecule has 5 heteroatoms. The fourth-order valence-corrected chi connectivity index (χ4v) is 3.87. The van der Waals surface area contributed by atoms with Gasteiger partial charge in [0.2, 0.25) is 5.91 Å². The zero-order valence-corrected chi connectivity index (χ0v) is 12.0. The van der Waals surface area contributed by atoms with Gasteiger partial charge in [-0.15, -0.1) is 0 Å². The summed E-state index contributed by atoms with van der Waals surface area (Å²) >= 11 is 1.90. The second-order valence-corrected chi connectivity index (χ2v) is 6.28. The minimum Gasteiger partial charge on any atom is -0.383 e. The van der Waals surface area contributed by atoms with Crippen LogP contribution in [-0.4, -0.2) is 61.7 Å². The predicted molar refractivity (Wildman–Crippen MR) is 74.9 cm³/mol. The lowest BCUT2D eigenvalue weighted by Crippen LogP contribution is -2.45. The summed E-state index contributed by atoms with van der Waals surface area (Å²) in [5.74, 6) is 2.72. The van der Waals surface area contributed by atoms with Gasteiger partial charge in [0.15, 0.2) is 0 Å². The van der Waals surface area contributed by atoms with Gasteiger partial charge in [0.05, 0.1) is 6.61 Å². The summed E-state index contributed by atoms with van der Waals surface area (Å²) in [7, 11) is 1.70. The third-order valence-corrected chi connectivity index (χ3v) is 4.92. The predicted octanol–water partition coefficient (Wildman–Crippen LogP) is 0.966. The highest BCUT2D eigenvalue weighted by atomic mass is 32.2. The molecule has 2 saturated heterocycles. The maximum absolute atomic E-state index is 12.5. The normalized spacial score (nSPS) is 27.6. The molecule has 0 radical (unpaired) electrons. The van der Waals surface area contributed by atoms with E-state index in [2.05, 4.69) is 5.32 Å². The number of ether oxygens (including phenoxy) is 1. The quantitative estimate of drug-likeness (QED) is 0.782. The Kier molecular flexibility index (Phi) is 5.79. The first-order chi connectivity index (χ1) is 8.81. The van der Waals surface area contributed by atoms with E-state index in [9.17, 15) is 4.79 Å². The molecule has 0 saturated carbocycles. The van der Waals surface area contributed by atoms with E-state index in [1.165, 1.54) is 12.8 Å². The van der Waals surface area contributed by atoms with E-state index in [1.807, 2.05) is 16.7 Å². The summed E-state index contributed by atoms with van der Waals surface area (Å²) in [6.45, 7) is 3.31. The monoisotopic (exact) mass is 272 g/mol. The molecule has 2 rings (SSSR count). The lowest BCUT2D eigenvalue weighted by molar-refractivity contribution is -0.135. The number of carbonyl (C=O) groups is 1. The molecule has 2 aliphatic rings. The van der Waals surface area contributed by atoms with Crippen LogP contribution in [0.4, 0.5) is 0 Å². The van der Waals surface area contributed by atoms with Gasteiger partial charge in [-0.05, 0) is 31.6 Å². The van der Waals surface area contributed by atoms with Gasteiger partial charge in [-0.3, -0.25) is 4.79 Å². The Morgan fingerprint density at radius 1 is 1.50 bits per heavy atom. The van der Waals surface area contributed by atoms with Crippen molar-refractivity contribution >= 4 is 17.7 Å². The second kappa shape index (κ2) is 7.36. The number of amides is 1. The molecule has 0 aromatic carbocycles. The number of rotatable bonds is 6. The summed E-state index contributed by atoms with van der Waals surface area (Å²) in [6, 6.07) is 0.486. The van der Waals surface area contributed by atoms with Gasteiger partial charge in [0.25, 0.3) is 0 Å². The number of methoxy groups -OCH3 is 1. The Hall–Kier alpha value is -0.260. The summed E-state index contributed by atoms with van der Waals surface area (Å²) in [5.41, 5.74) is 0. The van der Waals surface area contributed by atoms with Crippen molar-refractivity contribution in [3.05, 3.63) is 0 Å².